The second-order valence-electron chi connectivity index (χ2n) is 11.4. The molecule has 3 aromatic carbocycles. The van der Waals surface area contributed by atoms with E-state index >= 15 is 0 Å². The summed E-state index contributed by atoms with van der Waals surface area (Å²) in [7, 11) is 1.67. The Morgan fingerprint density at radius 2 is 1.64 bits per heavy atom. The molecule has 4 rings (SSSR count). The van der Waals surface area contributed by atoms with Gasteiger partial charge in [0.15, 0.2) is 0 Å². The van der Waals surface area contributed by atoms with Gasteiger partial charge in [-0.3, -0.25) is 0 Å². The summed E-state index contributed by atoms with van der Waals surface area (Å²) >= 11 is 3.62. The molecule has 1 heterocycles. The Bertz CT molecular complexity index is 1280. The molecule has 0 saturated carbocycles. The van der Waals surface area contributed by atoms with Crippen LogP contribution in [-0.2, 0) is 27.4 Å². The fraction of sp³-hybridized carbons (Fsp3) is 0.441. The molecule has 0 bridgehead atoms. The van der Waals surface area contributed by atoms with Crippen molar-refractivity contribution in [1.82, 2.24) is 4.90 Å². The van der Waals surface area contributed by atoms with Crippen LogP contribution in [-0.4, -0.2) is 56.1 Å². The zero-order chi connectivity index (χ0) is 30.0. The Balaban J connectivity index is 1.31. The van der Waals surface area contributed by atoms with Crippen LogP contribution in [0.5, 0.6) is 11.5 Å². The van der Waals surface area contributed by atoms with E-state index in [2.05, 4.69) is 28.1 Å². The number of hydrogen-bond acceptors (Lipinski definition) is 6. The van der Waals surface area contributed by atoms with E-state index < -0.39 is 5.60 Å². The summed E-state index contributed by atoms with van der Waals surface area (Å²) in [5.41, 5.74) is 2.73. The molecule has 1 fully saturated rings. The van der Waals surface area contributed by atoms with Crippen LogP contribution < -0.4 is 9.47 Å². The van der Waals surface area contributed by atoms with E-state index in [-0.39, 0.29) is 18.1 Å². The molecule has 8 heteroatoms. The molecule has 1 aliphatic rings. The number of para-hydroxylation sites is 1. The number of carbonyl (C=O) groups excluding carboxylic acids is 1. The van der Waals surface area contributed by atoms with Crippen LogP contribution in [0.1, 0.15) is 56.2 Å². The van der Waals surface area contributed by atoms with Crippen molar-refractivity contribution < 1.29 is 28.5 Å². The van der Waals surface area contributed by atoms with E-state index in [0.29, 0.717) is 39.5 Å². The summed E-state index contributed by atoms with van der Waals surface area (Å²) in [6.07, 6.45) is 1.09. The first-order valence-electron chi connectivity index (χ1n) is 14.5. The van der Waals surface area contributed by atoms with Gasteiger partial charge in [0.1, 0.15) is 17.1 Å². The first-order chi connectivity index (χ1) is 20.2. The Labute approximate surface area is 258 Å². The molecule has 1 amide bonds. The van der Waals surface area contributed by atoms with Crippen LogP contribution in [0.15, 0.2) is 77.3 Å². The highest BCUT2D eigenvalue weighted by Gasteiger charge is 2.35. The highest BCUT2D eigenvalue weighted by molar-refractivity contribution is 9.10. The smallest absolute Gasteiger partial charge is 0.410 e. The van der Waals surface area contributed by atoms with E-state index in [0.717, 1.165) is 39.9 Å². The lowest BCUT2D eigenvalue weighted by Crippen LogP contribution is -2.48. The van der Waals surface area contributed by atoms with Crippen molar-refractivity contribution >= 4 is 22.0 Å². The van der Waals surface area contributed by atoms with E-state index in [1.165, 1.54) is 5.56 Å². The molecule has 0 spiro atoms. The van der Waals surface area contributed by atoms with Crippen LogP contribution in [0.4, 0.5) is 4.79 Å². The van der Waals surface area contributed by atoms with Gasteiger partial charge in [-0.2, -0.15) is 0 Å². The third-order valence-corrected chi connectivity index (χ3v) is 7.86. The van der Waals surface area contributed by atoms with Gasteiger partial charge in [0.25, 0.3) is 0 Å². The fourth-order valence-electron chi connectivity index (χ4n) is 4.94. The van der Waals surface area contributed by atoms with E-state index in [9.17, 15) is 4.79 Å². The monoisotopic (exact) mass is 639 g/mol. The van der Waals surface area contributed by atoms with Gasteiger partial charge in [0, 0.05) is 28.9 Å². The average Bonchev–Trinajstić information content (AvgIpc) is 2.98. The minimum atomic E-state index is -0.545. The topological polar surface area (TPSA) is 66.5 Å². The Morgan fingerprint density at radius 3 is 2.36 bits per heavy atom. The van der Waals surface area contributed by atoms with Gasteiger partial charge in [-0.15, -0.1) is 0 Å². The van der Waals surface area contributed by atoms with Gasteiger partial charge >= 0.3 is 6.09 Å². The van der Waals surface area contributed by atoms with Gasteiger partial charge in [-0.1, -0.05) is 64.5 Å². The summed E-state index contributed by atoms with van der Waals surface area (Å²) in [6, 6.07) is 24.2. The second-order valence-corrected chi connectivity index (χ2v) is 12.3. The number of likely N-dealkylation sites (tertiary alicyclic amines) is 1. The molecule has 2 atom stereocenters. The highest BCUT2D eigenvalue weighted by atomic mass is 79.9. The van der Waals surface area contributed by atoms with Crippen molar-refractivity contribution in [3.63, 3.8) is 0 Å². The fourth-order valence-corrected chi connectivity index (χ4v) is 5.34. The number of benzene rings is 3. The molecular weight excluding hydrogens is 598 g/mol. The molecule has 0 N–H and O–H groups in total. The number of amides is 1. The number of hydrogen-bond donors (Lipinski definition) is 0. The molecule has 1 aliphatic heterocycles. The first kappa shape index (κ1) is 31.9. The maximum atomic E-state index is 12.9. The predicted octanol–water partition coefficient (Wildman–Crippen LogP) is 7.75. The summed E-state index contributed by atoms with van der Waals surface area (Å²) in [5.74, 6) is 1.80. The first-order valence-corrected chi connectivity index (χ1v) is 15.3. The summed E-state index contributed by atoms with van der Waals surface area (Å²) in [4.78, 5) is 14.6. The largest absolute Gasteiger partial charge is 0.496 e. The van der Waals surface area contributed by atoms with Crippen LogP contribution >= 0.6 is 15.9 Å². The van der Waals surface area contributed by atoms with E-state index in [1.807, 2.05) is 81.4 Å². The molecule has 0 aromatic heterocycles. The van der Waals surface area contributed by atoms with Crippen molar-refractivity contribution in [2.45, 2.75) is 64.4 Å². The summed E-state index contributed by atoms with van der Waals surface area (Å²) < 4.78 is 30.3. The third-order valence-electron chi connectivity index (χ3n) is 7.08. The number of piperidine rings is 1. The third kappa shape index (κ3) is 9.48. The van der Waals surface area contributed by atoms with E-state index in [1.54, 1.807) is 12.0 Å². The average molecular weight is 641 g/mol. The molecular formula is C34H42BrNO6. The van der Waals surface area contributed by atoms with Crippen LogP contribution in [0.2, 0.25) is 0 Å². The van der Waals surface area contributed by atoms with Crippen molar-refractivity contribution in [2.75, 3.05) is 33.4 Å². The molecule has 226 valence electrons. The van der Waals surface area contributed by atoms with Gasteiger partial charge in [-0.05, 0) is 62.6 Å². The predicted molar refractivity (Wildman–Crippen MR) is 167 cm³/mol. The maximum absolute atomic E-state index is 12.9. The number of halogens is 1. The Morgan fingerprint density at radius 1 is 0.929 bits per heavy atom. The molecule has 7 nitrogen and oxygen atoms in total. The normalized spacial score (nSPS) is 17.1. The molecule has 42 heavy (non-hydrogen) atoms. The van der Waals surface area contributed by atoms with Crippen LogP contribution in [0.25, 0.3) is 0 Å². The van der Waals surface area contributed by atoms with Gasteiger partial charge in [0.05, 0.1) is 46.2 Å². The SMILES string of the molecule is COc1ccccc1COCCCOc1ccc(C2CCN(C(=O)OC(C)(C)C)CC2OCc2ccccc2Br)cc1. The van der Waals surface area contributed by atoms with Crippen molar-refractivity contribution in [1.29, 1.82) is 0 Å². The van der Waals surface area contributed by atoms with Crippen molar-refractivity contribution in [3.8, 4) is 11.5 Å². The van der Waals surface area contributed by atoms with Crippen molar-refractivity contribution in [2.24, 2.45) is 0 Å². The number of ether oxygens (including phenoxy) is 5. The summed E-state index contributed by atoms with van der Waals surface area (Å²) in [6.45, 7) is 8.87. The lowest BCUT2D eigenvalue weighted by molar-refractivity contribution is -0.0361. The number of nitrogens with zero attached hydrogens (tertiary/aromatic N) is 1. The standard InChI is InChI=1S/C34H42BrNO6/c1-34(2,3)42-33(37)36-19-18-29(32(22-36)41-24-26-10-5-7-12-30(26)35)25-14-16-28(17-15-25)40-21-9-20-39-23-27-11-6-8-13-31(27)38-4/h5-8,10-17,29,32H,9,18-24H2,1-4H3. The Kier molecular flexibility index (Phi) is 11.7. The zero-order valence-corrected chi connectivity index (χ0v) is 26.6. The lowest BCUT2D eigenvalue weighted by Gasteiger charge is -2.39. The van der Waals surface area contributed by atoms with E-state index in [4.69, 9.17) is 23.7 Å². The van der Waals surface area contributed by atoms with Crippen LogP contribution in [0, 0.1) is 0 Å². The molecule has 0 aliphatic carbocycles. The quantitative estimate of drug-likeness (QED) is 0.189. The zero-order valence-electron chi connectivity index (χ0n) is 25.0. The van der Waals surface area contributed by atoms with Gasteiger partial charge in [0.2, 0.25) is 0 Å². The Hall–Kier alpha value is -3.07. The lowest BCUT2D eigenvalue weighted by atomic mass is 9.87. The molecule has 2 unspecified atom stereocenters. The minimum absolute atomic E-state index is 0.142. The highest BCUT2D eigenvalue weighted by Crippen LogP contribution is 2.33. The van der Waals surface area contributed by atoms with Crippen LogP contribution in [0.3, 0.4) is 0 Å². The molecule has 3 aromatic rings. The van der Waals surface area contributed by atoms with Gasteiger partial charge in [-0.25, -0.2) is 4.79 Å². The number of methoxy groups -OCH3 is 1. The molecule has 0 radical (unpaired) electrons. The van der Waals surface area contributed by atoms with Crippen molar-refractivity contribution in [3.05, 3.63) is 94.0 Å². The number of rotatable bonds is 12. The van der Waals surface area contributed by atoms with Gasteiger partial charge < -0.3 is 28.6 Å². The summed E-state index contributed by atoms with van der Waals surface area (Å²) in [5, 5.41) is 0. The minimum Gasteiger partial charge on any atom is -0.496 e. The number of carbonyl (C=O) groups is 1. The molecule has 1 saturated heterocycles. The maximum Gasteiger partial charge on any atom is 0.410 e. The second kappa shape index (κ2) is 15.4.